The zero-order chi connectivity index (χ0) is 32.3. The molecule has 7 aromatic rings. The van der Waals surface area contributed by atoms with Gasteiger partial charge in [-0.05, 0) is 67.4 Å². The number of hydrogen-bond acceptors (Lipinski definition) is 8. The zero-order valence-electron chi connectivity index (χ0n) is 26.3. The molecule has 0 radical (unpaired) electrons. The predicted octanol–water partition coefficient (Wildman–Crippen LogP) is 6.53. The fourth-order valence-electron chi connectivity index (χ4n) is 6.27. The van der Waals surface area contributed by atoms with Crippen molar-refractivity contribution in [3.05, 3.63) is 108 Å². The van der Waals surface area contributed by atoms with Gasteiger partial charge in [-0.2, -0.15) is 5.10 Å². The third-order valence-electron chi connectivity index (χ3n) is 8.68. The van der Waals surface area contributed by atoms with Crippen molar-refractivity contribution in [1.29, 1.82) is 0 Å². The number of aromatic amines is 2. The third kappa shape index (κ3) is 6.38. The molecule has 0 saturated carbocycles. The first-order valence-corrected chi connectivity index (χ1v) is 16.2. The first-order valence-electron chi connectivity index (χ1n) is 16.2. The van der Waals surface area contributed by atoms with Crippen LogP contribution in [0.15, 0.2) is 91.5 Å². The molecule has 6 heterocycles. The number of rotatable bonds is 11. The van der Waals surface area contributed by atoms with Gasteiger partial charge in [-0.1, -0.05) is 30.3 Å². The number of aromatic nitrogens is 7. The Hall–Kier alpha value is -5.52. The van der Waals surface area contributed by atoms with Crippen LogP contribution in [0, 0.1) is 5.82 Å². The van der Waals surface area contributed by atoms with E-state index in [1.54, 1.807) is 12.4 Å². The Morgan fingerprint density at radius 1 is 0.833 bits per heavy atom. The molecule has 2 aromatic carbocycles. The predicted molar refractivity (Wildman–Crippen MR) is 184 cm³/mol. The van der Waals surface area contributed by atoms with Crippen molar-refractivity contribution in [3.8, 4) is 39.8 Å². The summed E-state index contributed by atoms with van der Waals surface area (Å²) in [6, 6.07) is 21.0. The van der Waals surface area contributed by atoms with Gasteiger partial charge in [0, 0.05) is 60.8 Å². The van der Waals surface area contributed by atoms with Crippen molar-refractivity contribution in [3.63, 3.8) is 0 Å². The minimum absolute atomic E-state index is 0.387. The number of fused-ring (bicyclic) bond motifs is 2. The maximum absolute atomic E-state index is 14.8. The number of nitrogens with zero attached hydrogens (tertiary/aromatic N) is 6. The van der Waals surface area contributed by atoms with Crippen LogP contribution in [0.5, 0.6) is 5.75 Å². The van der Waals surface area contributed by atoms with Gasteiger partial charge >= 0.3 is 0 Å². The summed E-state index contributed by atoms with van der Waals surface area (Å²) in [5, 5.41) is 12.0. The van der Waals surface area contributed by atoms with E-state index >= 15 is 0 Å². The van der Waals surface area contributed by atoms with Gasteiger partial charge in [-0.15, -0.1) is 0 Å². The van der Waals surface area contributed by atoms with Gasteiger partial charge in [0.25, 0.3) is 0 Å². The number of nitrogens with one attached hydrogen (secondary N) is 3. The van der Waals surface area contributed by atoms with E-state index < -0.39 is 0 Å². The van der Waals surface area contributed by atoms with E-state index in [2.05, 4.69) is 58.5 Å². The molecule has 5 aromatic heterocycles. The number of halogens is 1. The largest absolute Gasteiger partial charge is 0.492 e. The topological polar surface area (TPSA) is 121 Å². The molecule has 3 N–H and O–H groups in total. The molecule has 0 amide bonds. The number of pyridine rings is 3. The Bertz CT molecular complexity index is 2190. The summed E-state index contributed by atoms with van der Waals surface area (Å²) in [4.78, 5) is 24.4. The number of imidazole rings is 1. The van der Waals surface area contributed by atoms with E-state index in [1.165, 1.54) is 30.5 Å². The SMILES string of the molecule is Fc1cc(OCCN2CCCC2)cc(-c2nccc3[nH]c(-c4n[nH]c5cnc(-c6cncc(CNCc7ccccc7)c6)cc45)nc23)c1. The molecule has 1 aliphatic rings. The lowest BCUT2D eigenvalue weighted by Gasteiger charge is -2.15. The second kappa shape index (κ2) is 13.3. The Morgan fingerprint density at radius 2 is 1.71 bits per heavy atom. The van der Waals surface area contributed by atoms with Gasteiger partial charge in [-0.25, -0.2) is 9.37 Å². The molecule has 0 unspecified atom stereocenters. The van der Waals surface area contributed by atoms with E-state index in [1.807, 2.05) is 48.8 Å². The van der Waals surface area contributed by atoms with Crippen LogP contribution in [0.2, 0.25) is 0 Å². The van der Waals surface area contributed by atoms with Crippen molar-refractivity contribution in [2.24, 2.45) is 0 Å². The van der Waals surface area contributed by atoms with E-state index in [0.29, 0.717) is 47.2 Å². The highest BCUT2D eigenvalue weighted by Crippen LogP contribution is 2.33. The molecule has 48 heavy (non-hydrogen) atoms. The quantitative estimate of drug-likeness (QED) is 0.146. The lowest BCUT2D eigenvalue weighted by Crippen LogP contribution is -2.25. The lowest BCUT2D eigenvalue weighted by atomic mass is 10.1. The molecule has 0 spiro atoms. The summed E-state index contributed by atoms with van der Waals surface area (Å²) in [6.45, 7) is 4.96. The summed E-state index contributed by atoms with van der Waals surface area (Å²) in [5.74, 6) is 0.655. The van der Waals surface area contributed by atoms with Crippen LogP contribution < -0.4 is 10.1 Å². The van der Waals surface area contributed by atoms with Gasteiger partial charge in [0.05, 0.1) is 28.6 Å². The van der Waals surface area contributed by atoms with Crippen molar-refractivity contribution in [2.45, 2.75) is 25.9 Å². The highest BCUT2D eigenvalue weighted by molar-refractivity contribution is 5.97. The second-order valence-corrected chi connectivity index (χ2v) is 12.1. The Morgan fingerprint density at radius 3 is 2.60 bits per heavy atom. The van der Waals surface area contributed by atoms with Gasteiger partial charge < -0.3 is 15.0 Å². The van der Waals surface area contributed by atoms with Crippen LogP contribution in [0.3, 0.4) is 0 Å². The van der Waals surface area contributed by atoms with Gasteiger partial charge in [0.15, 0.2) is 5.82 Å². The summed E-state index contributed by atoms with van der Waals surface area (Å²) in [6.07, 6.45) is 9.59. The smallest absolute Gasteiger partial charge is 0.159 e. The fourth-order valence-corrected chi connectivity index (χ4v) is 6.27. The molecule has 1 fully saturated rings. The van der Waals surface area contributed by atoms with Crippen LogP contribution in [0.1, 0.15) is 24.0 Å². The normalized spacial score (nSPS) is 13.5. The summed E-state index contributed by atoms with van der Waals surface area (Å²) in [7, 11) is 0. The van der Waals surface area contributed by atoms with Crippen LogP contribution in [-0.4, -0.2) is 66.3 Å². The van der Waals surface area contributed by atoms with E-state index in [9.17, 15) is 4.39 Å². The van der Waals surface area contributed by atoms with Crippen molar-refractivity contribution < 1.29 is 9.13 Å². The third-order valence-corrected chi connectivity index (χ3v) is 8.68. The van der Waals surface area contributed by atoms with Crippen LogP contribution in [0.25, 0.3) is 56.0 Å². The second-order valence-electron chi connectivity index (χ2n) is 12.1. The van der Waals surface area contributed by atoms with Gasteiger partial charge in [0.2, 0.25) is 0 Å². The lowest BCUT2D eigenvalue weighted by molar-refractivity contribution is 0.237. The Labute approximate surface area is 276 Å². The molecular formula is C37H34FN9O. The van der Waals surface area contributed by atoms with Crippen molar-refractivity contribution >= 4 is 21.9 Å². The van der Waals surface area contributed by atoms with E-state index in [-0.39, 0.29) is 5.82 Å². The number of ether oxygens (including phenoxy) is 1. The average Bonchev–Trinajstić information content (AvgIpc) is 3.88. The number of likely N-dealkylation sites (tertiary alicyclic amines) is 1. The minimum atomic E-state index is -0.387. The number of benzene rings is 2. The van der Waals surface area contributed by atoms with Crippen LogP contribution >= 0.6 is 0 Å². The molecule has 0 bridgehead atoms. The fraction of sp³-hybridized carbons (Fsp3) is 0.216. The van der Waals surface area contributed by atoms with Crippen LogP contribution in [0.4, 0.5) is 4.39 Å². The van der Waals surface area contributed by atoms with Gasteiger partial charge in [0.1, 0.15) is 29.4 Å². The summed E-state index contributed by atoms with van der Waals surface area (Å²) < 4.78 is 20.8. The highest BCUT2D eigenvalue weighted by Gasteiger charge is 2.18. The molecule has 10 nitrogen and oxygen atoms in total. The molecule has 8 rings (SSSR count). The maximum atomic E-state index is 14.8. The Kier molecular flexibility index (Phi) is 8.27. The minimum Gasteiger partial charge on any atom is -0.492 e. The molecule has 1 saturated heterocycles. The molecule has 240 valence electrons. The van der Waals surface area contributed by atoms with Crippen molar-refractivity contribution in [2.75, 3.05) is 26.2 Å². The summed E-state index contributed by atoms with van der Waals surface area (Å²) in [5.41, 5.74) is 7.94. The molecule has 1 aliphatic heterocycles. The monoisotopic (exact) mass is 639 g/mol. The first-order chi connectivity index (χ1) is 23.7. The molecule has 11 heteroatoms. The molecular weight excluding hydrogens is 605 g/mol. The van der Waals surface area contributed by atoms with Crippen molar-refractivity contribution in [1.82, 2.24) is 45.3 Å². The maximum Gasteiger partial charge on any atom is 0.159 e. The summed E-state index contributed by atoms with van der Waals surface area (Å²) >= 11 is 0. The Balaban J connectivity index is 1.05. The number of H-pyrrole nitrogens is 2. The van der Waals surface area contributed by atoms with Gasteiger partial charge in [-0.3, -0.25) is 25.0 Å². The molecule has 0 aliphatic carbocycles. The number of hydrogen-bond donors (Lipinski definition) is 3. The first kappa shape index (κ1) is 29.9. The molecule has 0 atom stereocenters. The average molecular weight is 640 g/mol. The zero-order valence-corrected chi connectivity index (χ0v) is 26.3. The van der Waals surface area contributed by atoms with E-state index in [0.717, 1.165) is 59.4 Å². The highest BCUT2D eigenvalue weighted by atomic mass is 19.1. The van der Waals surface area contributed by atoms with Crippen LogP contribution in [-0.2, 0) is 13.1 Å². The van der Waals surface area contributed by atoms with E-state index in [4.69, 9.17) is 9.72 Å². The standard InChI is InChI=1S/C37H34FN9O/c38-28-15-26(16-29(17-28)48-13-12-47-10-4-5-11-47)34-36-31(8-9-41-34)43-37(44-36)35-30-18-32(42-23-33(30)45-46-35)27-14-25(21-40-22-27)20-39-19-24-6-2-1-3-7-24/h1-3,6-9,14-18,21-23,39H,4-5,10-13,19-20H2,(H,43,44)(H,45,46).